The lowest BCUT2D eigenvalue weighted by Gasteiger charge is -2.03. The molecular formula is C19H27. The fraction of sp³-hybridized carbons (Fsp3) is 0.579. The second kappa shape index (κ2) is 10.7. The van der Waals surface area contributed by atoms with Crippen molar-refractivity contribution in [3.8, 4) is 5.92 Å². The third-order valence-corrected chi connectivity index (χ3v) is 3.63. The molecule has 0 aliphatic heterocycles. The minimum Gasteiger partial charge on any atom is -0.0843 e. The zero-order chi connectivity index (χ0) is 13.8. The number of benzene rings is 1. The van der Waals surface area contributed by atoms with E-state index in [0.29, 0.717) is 6.42 Å². The maximum atomic E-state index is 6.96. The number of hydrogen-bond donors (Lipinski definition) is 0. The Morgan fingerprint density at radius 2 is 1.32 bits per heavy atom. The van der Waals surface area contributed by atoms with E-state index in [2.05, 4.69) is 37.1 Å². The molecule has 0 heteroatoms. The molecule has 19 heavy (non-hydrogen) atoms. The van der Waals surface area contributed by atoms with Crippen molar-refractivity contribution in [2.75, 3.05) is 0 Å². The highest BCUT2D eigenvalue weighted by Gasteiger charge is 1.95. The van der Waals surface area contributed by atoms with Crippen molar-refractivity contribution in [2.24, 2.45) is 0 Å². The van der Waals surface area contributed by atoms with Crippen LogP contribution in [0.3, 0.4) is 0 Å². The van der Waals surface area contributed by atoms with Gasteiger partial charge in [0.05, 0.1) is 0 Å². The van der Waals surface area contributed by atoms with E-state index in [4.69, 9.17) is 6.42 Å². The van der Waals surface area contributed by atoms with Gasteiger partial charge in [-0.25, -0.2) is 0 Å². The van der Waals surface area contributed by atoms with Crippen LogP contribution in [0.25, 0.3) is 0 Å². The number of aryl methyl sites for hydroxylation is 1. The zero-order valence-electron chi connectivity index (χ0n) is 12.4. The number of unbranched alkanes of at least 4 members (excludes halogenated alkanes) is 7. The minimum atomic E-state index is 0.637. The number of rotatable bonds is 10. The molecule has 0 spiro atoms. The van der Waals surface area contributed by atoms with Gasteiger partial charge in [0.25, 0.3) is 0 Å². The molecule has 0 bridgehead atoms. The molecule has 1 aromatic rings. The second-order valence-corrected chi connectivity index (χ2v) is 5.39. The van der Waals surface area contributed by atoms with Crippen LogP contribution in [0.1, 0.15) is 69.4 Å². The molecule has 1 rings (SSSR count). The fourth-order valence-electron chi connectivity index (χ4n) is 2.39. The van der Waals surface area contributed by atoms with Crippen LogP contribution in [0.4, 0.5) is 0 Å². The average molecular weight is 255 g/mol. The van der Waals surface area contributed by atoms with Gasteiger partial charge in [-0.3, -0.25) is 0 Å². The van der Waals surface area contributed by atoms with E-state index < -0.39 is 0 Å². The summed E-state index contributed by atoms with van der Waals surface area (Å²) in [6.45, 7) is 2.27. The van der Waals surface area contributed by atoms with Gasteiger partial charge in [0.15, 0.2) is 0 Å². The third kappa shape index (κ3) is 7.73. The predicted octanol–water partition coefficient (Wildman–Crippen LogP) is 5.50. The van der Waals surface area contributed by atoms with Crippen molar-refractivity contribution in [3.05, 3.63) is 41.8 Å². The predicted molar refractivity (Wildman–Crippen MR) is 83.6 cm³/mol. The van der Waals surface area contributed by atoms with Crippen molar-refractivity contribution in [3.63, 3.8) is 0 Å². The molecule has 0 aromatic heterocycles. The average Bonchev–Trinajstić information content (AvgIpc) is 2.44. The molecule has 1 radical (unpaired) electrons. The normalized spacial score (nSPS) is 10.3. The van der Waals surface area contributed by atoms with Gasteiger partial charge in [-0.2, -0.15) is 0 Å². The van der Waals surface area contributed by atoms with E-state index in [-0.39, 0.29) is 0 Å². The Hall–Kier alpha value is -1.22. The van der Waals surface area contributed by atoms with E-state index in [0.717, 1.165) is 0 Å². The summed E-state index contributed by atoms with van der Waals surface area (Å²) in [5, 5.41) is 0. The van der Waals surface area contributed by atoms with Gasteiger partial charge in [0.1, 0.15) is 0 Å². The SMILES string of the molecule is [C]#CCc1ccc(CCCCCCCCCC)cc1. The topological polar surface area (TPSA) is 0 Å². The summed E-state index contributed by atoms with van der Waals surface area (Å²) in [6.07, 6.45) is 19.9. The molecule has 0 N–H and O–H groups in total. The van der Waals surface area contributed by atoms with Gasteiger partial charge in [-0.05, 0) is 30.4 Å². The van der Waals surface area contributed by atoms with Gasteiger partial charge in [-0.1, -0.05) is 82.1 Å². The molecule has 1 aromatic carbocycles. The standard InChI is InChI=1S/C19H27/c1-3-5-6-7-8-9-10-11-13-19-16-14-18(12-4-2)15-17-19/h14-17H,3,5-13H2,1H3. The Bertz CT molecular complexity index is 353. The summed E-state index contributed by atoms with van der Waals surface area (Å²) in [5.41, 5.74) is 2.62. The van der Waals surface area contributed by atoms with Crippen LogP contribution in [0.15, 0.2) is 24.3 Å². The molecule has 0 heterocycles. The quantitative estimate of drug-likeness (QED) is 0.382. The molecule has 0 unspecified atom stereocenters. The van der Waals surface area contributed by atoms with Gasteiger partial charge in [0, 0.05) is 6.42 Å². The largest absolute Gasteiger partial charge is 0.0843 e. The van der Waals surface area contributed by atoms with Crippen LogP contribution in [0.5, 0.6) is 0 Å². The Labute approximate surface area is 119 Å². The Balaban J connectivity index is 2.04. The first-order valence-electron chi connectivity index (χ1n) is 7.84. The molecule has 0 fully saturated rings. The summed E-state index contributed by atoms with van der Waals surface area (Å²) in [7, 11) is 0. The fourth-order valence-corrected chi connectivity index (χ4v) is 2.39. The van der Waals surface area contributed by atoms with E-state index in [1.54, 1.807) is 0 Å². The summed E-state index contributed by atoms with van der Waals surface area (Å²) < 4.78 is 0. The lowest BCUT2D eigenvalue weighted by atomic mass is 10.0. The van der Waals surface area contributed by atoms with Gasteiger partial charge in [-0.15, -0.1) is 0 Å². The maximum absolute atomic E-state index is 6.96. The smallest absolute Gasteiger partial charge is 0.0350 e. The summed E-state index contributed by atoms with van der Waals surface area (Å²) in [5.74, 6) is 2.43. The summed E-state index contributed by atoms with van der Waals surface area (Å²) >= 11 is 0. The van der Waals surface area contributed by atoms with Crippen LogP contribution in [-0.2, 0) is 12.8 Å². The Kier molecular flexibility index (Phi) is 8.90. The highest BCUT2D eigenvalue weighted by atomic mass is 14.0. The molecule has 0 atom stereocenters. The maximum Gasteiger partial charge on any atom is 0.0350 e. The minimum absolute atomic E-state index is 0.637. The van der Waals surface area contributed by atoms with E-state index in [1.165, 1.54) is 68.9 Å². The Morgan fingerprint density at radius 3 is 1.89 bits per heavy atom. The van der Waals surface area contributed by atoms with Crippen LogP contribution >= 0.6 is 0 Å². The molecule has 103 valence electrons. The molecule has 0 saturated carbocycles. The van der Waals surface area contributed by atoms with Gasteiger partial charge >= 0.3 is 0 Å². The van der Waals surface area contributed by atoms with E-state index in [1.807, 2.05) is 0 Å². The van der Waals surface area contributed by atoms with Gasteiger partial charge in [0.2, 0.25) is 0 Å². The van der Waals surface area contributed by atoms with E-state index in [9.17, 15) is 0 Å². The monoisotopic (exact) mass is 255 g/mol. The van der Waals surface area contributed by atoms with Crippen molar-refractivity contribution in [1.82, 2.24) is 0 Å². The van der Waals surface area contributed by atoms with Crippen LogP contribution in [0.2, 0.25) is 0 Å². The summed E-state index contributed by atoms with van der Waals surface area (Å²) in [4.78, 5) is 0. The molecule has 0 amide bonds. The van der Waals surface area contributed by atoms with Crippen LogP contribution < -0.4 is 0 Å². The van der Waals surface area contributed by atoms with Crippen molar-refractivity contribution in [1.29, 1.82) is 0 Å². The second-order valence-electron chi connectivity index (χ2n) is 5.39. The zero-order valence-corrected chi connectivity index (χ0v) is 12.4. The molecular weight excluding hydrogens is 228 g/mol. The molecule has 0 aliphatic rings. The molecule has 0 aliphatic carbocycles. The van der Waals surface area contributed by atoms with Crippen molar-refractivity contribution in [2.45, 2.75) is 71.1 Å². The molecule has 0 nitrogen and oxygen atoms in total. The lowest BCUT2D eigenvalue weighted by Crippen LogP contribution is -1.88. The highest BCUT2D eigenvalue weighted by Crippen LogP contribution is 2.12. The van der Waals surface area contributed by atoms with Crippen LogP contribution in [-0.4, -0.2) is 0 Å². The first kappa shape index (κ1) is 15.8. The van der Waals surface area contributed by atoms with Crippen LogP contribution in [0, 0.1) is 12.3 Å². The van der Waals surface area contributed by atoms with Crippen molar-refractivity contribution < 1.29 is 0 Å². The van der Waals surface area contributed by atoms with Gasteiger partial charge < -0.3 is 0 Å². The first-order valence-corrected chi connectivity index (χ1v) is 7.84. The summed E-state index contributed by atoms with van der Waals surface area (Å²) in [6, 6.07) is 8.66. The highest BCUT2D eigenvalue weighted by molar-refractivity contribution is 5.24. The molecule has 0 saturated heterocycles. The number of hydrogen-bond acceptors (Lipinski definition) is 0. The first-order chi connectivity index (χ1) is 9.36. The van der Waals surface area contributed by atoms with E-state index >= 15 is 0 Å². The van der Waals surface area contributed by atoms with Crippen molar-refractivity contribution >= 4 is 0 Å². The third-order valence-electron chi connectivity index (χ3n) is 3.63. The Morgan fingerprint density at radius 1 is 0.789 bits per heavy atom. The lowest BCUT2D eigenvalue weighted by molar-refractivity contribution is 0.575.